The minimum Gasteiger partial charge on any atom is -0.385 e. The van der Waals surface area contributed by atoms with E-state index in [0.29, 0.717) is 18.1 Å². The van der Waals surface area contributed by atoms with Crippen molar-refractivity contribution in [3.63, 3.8) is 0 Å². The predicted octanol–water partition coefficient (Wildman–Crippen LogP) is 3.12. The summed E-state index contributed by atoms with van der Waals surface area (Å²) in [6, 6.07) is 2.15. The molecule has 3 rings (SSSR count). The Morgan fingerprint density at radius 1 is 1.50 bits per heavy atom. The van der Waals surface area contributed by atoms with Gasteiger partial charge in [-0.15, -0.1) is 11.3 Å². The normalized spacial score (nSPS) is 15.9. The van der Waals surface area contributed by atoms with Gasteiger partial charge in [0.2, 0.25) is 5.82 Å². The van der Waals surface area contributed by atoms with E-state index in [1.807, 2.05) is 6.92 Å². The highest BCUT2D eigenvalue weighted by Crippen LogP contribution is 2.36. The standard InChI is InChI=1S/C13H16N2O2S/c1-2-4-9(16)12-14-13(17-15-12)11-7-8-5-3-6-10(8)18-11/h7,9,16H,2-6H2,1H3. The number of aromatic nitrogens is 2. The molecule has 1 unspecified atom stereocenters. The molecule has 96 valence electrons. The van der Waals surface area contributed by atoms with Crippen molar-refractivity contribution < 1.29 is 9.63 Å². The Bertz CT molecular complexity index is 525. The van der Waals surface area contributed by atoms with Crippen LogP contribution in [0.1, 0.15) is 48.6 Å². The Morgan fingerprint density at radius 3 is 3.17 bits per heavy atom. The van der Waals surface area contributed by atoms with Crippen LogP contribution in [0, 0.1) is 0 Å². The molecule has 2 heterocycles. The van der Waals surface area contributed by atoms with Gasteiger partial charge in [0.1, 0.15) is 6.10 Å². The van der Waals surface area contributed by atoms with Crippen molar-refractivity contribution in [1.29, 1.82) is 0 Å². The number of rotatable bonds is 4. The third-order valence-corrected chi connectivity index (χ3v) is 4.48. The predicted molar refractivity (Wildman–Crippen MR) is 69.5 cm³/mol. The Labute approximate surface area is 110 Å². The Morgan fingerprint density at radius 2 is 2.39 bits per heavy atom. The Balaban J connectivity index is 1.84. The summed E-state index contributed by atoms with van der Waals surface area (Å²) < 4.78 is 5.24. The van der Waals surface area contributed by atoms with Gasteiger partial charge in [0.05, 0.1) is 4.88 Å². The van der Waals surface area contributed by atoms with Crippen LogP contribution in [0.2, 0.25) is 0 Å². The van der Waals surface area contributed by atoms with E-state index in [2.05, 4.69) is 16.2 Å². The van der Waals surface area contributed by atoms with E-state index >= 15 is 0 Å². The molecule has 0 fully saturated rings. The molecule has 1 aliphatic rings. The van der Waals surface area contributed by atoms with E-state index in [9.17, 15) is 5.11 Å². The van der Waals surface area contributed by atoms with E-state index in [1.165, 1.54) is 23.3 Å². The van der Waals surface area contributed by atoms with Crippen molar-refractivity contribution in [2.24, 2.45) is 0 Å². The highest BCUT2D eigenvalue weighted by Gasteiger charge is 2.20. The molecule has 1 aliphatic carbocycles. The fourth-order valence-electron chi connectivity index (χ4n) is 2.31. The minimum absolute atomic E-state index is 0.403. The average Bonchev–Trinajstić information content (AvgIpc) is 3.03. The summed E-state index contributed by atoms with van der Waals surface area (Å²) in [6.07, 6.45) is 4.54. The van der Waals surface area contributed by atoms with Crippen molar-refractivity contribution in [3.8, 4) is 10.8 Å². The van der Waals surface area contributed by atoms with Crippen LogP contribution in [-0.2, 0) is 12.8 Å². The van der Waals surface area contributed by atoms with Gasteiger partial charge in [0.25, 0.3) is 5.89 Å². The third kappa shape index (κ3) is 2.08. The number of fused-ring (bicyclic) bond motifs is 1. The molecule has 0 aliphatic heterocycles. The first-order chi connectivity index (χ1) is 8.78. The van der Waals surface area contributed by atoms with Crippen molar-refractivity contribution in [2.45, 2.75) is 45.1 Å². The highest BCUT2D eigenvalue weighted by molar-refractivity contribution is 7.15. The number of thiophene rings is 1. The number of hydrogen-bond acceptors (Lipinski definition) is 5. The molecular formula is C13H16N2O2S. The second-order valence-electron chi connectivity index (χ2n) is 4.67. The minimum atomic E-state index is -0.612. The van der Waals surface area contributed by atoms with Gasteiger partial charge in [0.15, 0.2) is 0 Å². The fraction of sp³-hybridized carbons (Fsp3) is 0.538. The maximum atomic E-state index is 9.82. The molecule has 2 aromatic heterocycles. The molecule has 0 aromatic carbocycles. The maximum Gasteiger partial charge on any atom is 0.268 e. The second-order valence-corrected chi connectivity index (χ2v) is 5.81. The van der Waals surface area contributed by atoms with Crippen LogP contribution in [0.4, 0.5) is 0 Å². The summed E-state index contributed by atoms with van der Waals surface area (Å²) in [7, 11) is 0. The fourth-order valence-corrected chi connectivity index (χ4v) is 3.48. The van der Waals surface area contributed by atoms with E-state index in [0.717, 1.165) is 17.7 Å². The lowest BCUT2D eigenvalue weighted by Gasteiger charge is -2.00. The van der Waals surface area contributed by atoms with Crippen molar-refractivity contribution >= 4 is 11.3 Å². The van der Waals surface area contributed by atoms with Crippen molar-refractivity contribution in [2.75, 3.05) is 0 Å². The molecule has 5 heteroatoms. The molecule has 1 atom stereocenters. The summed E-state index contributed by atoms with van der Waals surface area (Å²) in [5.74, 6) is 0.944. The summed E-state index contributed by atoms with van der Waals surface area (Å²) in [6.45, 7) is 2.02. The first-order valence-corrected chi connectivity index (χ1v) is 7.23. The average molecular weight is 264 g/mol. The van der Waals surface area contributed by atoms with E-state index < -0.39 is 6.10 Å². The summed E-state index contributed by atoms with van der Waals surface area (Å²) in [5.41, 5.74) is 1.42. The smallest absolute Gasteiger partial charge is 0.268 e. The number of aryl methyl sites for hydroxylation is 2. The SMILES string of the molecule is CCCC(O)c1noc(-c2cc3c(s2)CCC3)n1. The van der Waals surface area contributed by atoms with Gasteiger partial charge in [0, 0.05) is 4.88 Å². The molecule has 0 radical (unpaired) electrons. The first-order valence-electron chi connectivity index (χ1n) is 6.41. The van der Waals surface area contributed by atoms with E-state index in [4.69, 9.17) is 4.52 Å². The maximum absolute atomic E-state index is 9.82. The van der Waals surface area contributed by atoms with Crippen LogP contribution in [0.3, 0.4) is 0 Å². The zero-order valence-electron chi connectivity index (χ0n) is 10.3. The van der Waals surface area contributed by atoms with Gasteiger partial charge in [-0.2, -0.15) is 4.98 Å². The molecule has 1 N–H and O–H groups in total. The van der Waals surface area contributed by atoms with Crippen LogP contribution < -0.4 is 0 Å². The Hall–Kier alpha value is -1.20. The number of hydrogen-bond donors (Lipinski definition) is 1. The molecule has 18 heavy (non-hydrogen) atoms. The monoisotopic (exact) mass is 264 g/mol. The van der Waals surface area contributed by atoms with Crippen LogP contribution in [0.5, 0.6) is 0 Å². The molecule has 0 bridgehead atoms. The molecule has 2 aromatic rings. The Kier molecular flexibility index (Phi) is 3.18. The van der Waals surface area contributed by atoms with Crippen molar-refractivity contribution in [1.82, 2.24) is 10.1 Å². The summed E-state index contributed by atoms with van der Waals surface area (Å²) >= 11 is 1.74. The van der Waals surface area contributed by atoms with Gasteiger partial charge in [-0.05, 0) is 37.3 Å². The van der Waals surface area contributed by atoms with Gasteiger partial charge >= 0.3 is 0 Å². The summed E-state index contributed by atoms with van der Waals surface area (Å²) in [4.78, 5) is 6.77. The lowest BCUT2D eigenvalue weighted by atomic mass is 10.2. The molecule has 0 saturated heterocycles. The first kappa shape index (κ1) is 11.9. The molecule has 0 saturated carbocycles. The molecule has 4 nitrogen and oxygen atoms in total. The number of aliphatic hydroxyl groups is 1. The van der Waals surface area contributed by atoms with E-state index in [1.54, 1.807) is 11.3 Å². The van der Waals surface area contributed by atoms with Crippen LogP contribution in [0.25, 0.3) is 10.8 Å². The number of aliphatic hydroxyl groups excluding tert-OH is 1. The molecule has 0 amide bonds. The van der Waals surface area contributed by atoms with Gasteiger partial charge in [-0.3, -0.25) is 0 Å². The molecular weight excluding hydrogens is 248 g/mol. The molecule has 0 spiro atoms. The zero-order valence-corrected chi connectivity index (χ0v) is 11.2. The second kappa shape index (κ2) is 4.82. The van der Waals surface area contributed by atoms with Crippen LogP contribution in [0.15, 0.2) is 10.6 Å². The topological polar surface area (TPSA) is 59.2 Å². The zero-order chi connectivity index (χ0) is 12.5. The van der Waals surface area contributed by atoms with Gasteiger partial charge < -0.3 is 9.63 Å². The number of nitrogens with zero attached hydrogens (tertiary/aromatic N) is 2. The van der Waals surface area contributed by atoms with Gasteiger partial charge in [-0.1, -0.05) is 18.5 Å². The van der Waals surface area contributed by atoms with Crippen LogP contribution in [-0.4, -0.2) is 15.2 Å². The quantitative estimate of drug-likeness (QED) is 0.921. The third-order valence-electron chi connectivity index (χ3n) is 3.26. The lowest BCUT2D eigenvalue weighted by molar-refractivity contribution is 0.153. The van der Waals surface area contributed by atoms with Crippen molar-refractivity contribution in [3.05, 3.63) is 22.3 Å². The van der Waals surface area contributed by atoms with E-state index in [-0.39, 0.29) is 0 Å². The van der Waals surface area contributed by atoms with Gasteiger partial charge in [-0.25, -0.2) is 0 Å². The van der Waals surface area contributed by atoms with Crippen LogP contribution >= 0.6 is 11.3 Å². The lowest BCUT2D eigenvalue weighted by Crippen LogP contribution is -1.98. The summed E-state index contributed by atoms with van der Waals surface area (Å²) in [5, 5.41) is 13.7. The highest BCUT2D eigenvalue weighted by atomic mass is 32.1. The largest absolute Gasteiger partial charge is 0.385 e.